The topological polar surface area (TPSA) is 78.9 Å². The molecule has 6 heteroatoms. The van der Waals surface area contributed by atoms with Gasteiger partial charge in [0.05, 0.1) is 0 Å². The SMILES string of the molecule is CCCCCCCC/C=C\CCCCCCCC(=O)OC(COC(=O)CCCCCCCCCC)COC(=O)CCCCCCCCCCCCCCCCCCCC. The van der Waals surface area contributed by atoms with Crippen LogP contribution in [0.4, 0.5) is 0 Å². The van der Waals surface area contributed by atoms with E-state index in [0.717, 1.165) is 64.2 Å². The Bertz CT molecular complexity index is 916. The Morgan fingerprint density at radius 1 is 0.322 bits per heavy atom. The molecule has 0 aromatic heterocycles. The van der Waals surface area contributed by atoms with Gasteiger partial charge >= 0.3 is 17.9 Å². The fourth-order valence-corrected chi connectivity index (χ4v) is 7.79. The predicted octanol–water partition coefficient (Wildman–Crippen LogP) is 17.0. The number of ether oxygens (including phenoxy) is 3. The first kappa shape index (κ1) is 57.1. The number of rotatable bonds is 48. The van der Waals surface area contributed by atoms with Crippen LogP contribution in [0.1, 0.15) is 290 Å². The van der Waals surface area contributed by atoms with Gasteiger partial charge in [-0.05, 0) is 44.9 Å². The van der Waals surface area contributed by atoms with Crippen LogP contribution in [0.5, 0.6) is 0 Å². The molecule has 0 aromatic rings. The lowest BCUT2D eigenvalue weighted by molar-refractivity contribution is -0.167. The summed E-state index contributed by atoms with van der Waals surface area (Å²) >= 11 is 0. The Morgan fingerprint density at radius 3 is 0.847 bits per heavy atom. The average molecular weight is 833 g/mol. The molecule has 0 fully saturated rings. The van der Waals surface area contributed by atoms with Gasteiger partial charge in [0.15, 0.2) is 6.10 Å². The van der Waals surface area contributed by atoms with Gasteiger partial charge in [0, 0.05) is 19.3 Å². The summed E-state index contributed by atoms with van der Waals surface area (Å²) in [5.41, 5.74) is 0. The minimum Gasteiger partial charge on any atom is -0.462 e. The first-order valence-electron chi connectivity index (χ1n) is 26.2. The van der Waals surface area contributed by atoms with Gasteiger partial charge in [0.1, 0.15) is 13.2 Å². The average Bonchev–Trinajstić information content (AvgIpc) is 3.23. The smallest absolute Gasteiger partial charge is 0.306 e. The van der Waals surface area contributed by atoms with E-state index in [9.17, 15) is 14.4 Å². The molecule has 0 saturated heterocycles. The standard InChI is InChI=1S/C53H100O6/c1-4-7-10-13-16-19-21-23-25-26-27-29-30-32-34-37-40-43-46-52(55)58-49-50(48-57-51(54)45-42-39-36-18-15-12-9-6-3)59-53(56)47-44-41-38-35-33-31-28-24-22-20-17-14-11-8-5-2/h24,28,50H,4-23,25-27,29-49H2,1-3H3/b28-24-. The second kappa shape index (κ2) is 48.8. The van der Waals surface area contributed by atoms with Crippen molar-refractivity contribution in [2.24, 2.45) is 0 Å². The van der Waals surface area contributed by atoms with Gasteiger partial charge in [0.2, 0.25) is 0 Å². The maximum atomic E-state index is 12.8. The Hall–Kier alpha value is -1.85. The van der Waals surface area contributed by atoms with Crippen molar-refractivity contribution in [3.05, 3.63) is 12.2 Å². The third-order valence-electron chi connectivity index (χ3n) is 11.8. The van der Waals surface area contributed by atoms with Crippen LogP contribution in [0.3, 0.4) is 0 Å². The highest BCUT2D eigenvalue weighted by Crippen LogP contribution is 2.16. The number of hydrogen-bond acceptors (Lipinski definition) is 6. The van der Waals surface area contributed by atoms with E-state index < -0.39 is 6.10 Å². The minimum atomic E-state index is -0.766. The molecule has 0 amide bonds. The quantitative estimate of drug-likeness (QED) is 0.0263. The van der Waals surface area contributed by atoms with Crippen molar-refractivity contribution in [1.82, 2.24) is 0 Å². The zero-order valence-corrected chi connectivity index (χ0v) is 39.8. The van der Waals surface area contributed by atoms with Gasteiger partial charge in [-0.1, -0.05) is 238 Å². The highest BCUT2D eigenvalue weighted by Gasteiger charge is 2.19. The molecule has 0 N–H and O–H groups in total. The molecular weight excluding hydrogens is 733 g/mol. The van der Waals surface area contributed by atoms with Crippen LogP contribution in [0, 0.1) is 0 Å². The third-order valence-corrected chi connectivity index (χ3v) is 11.8. The lowest BCUT2D eigenvalue weighted by Crippen LogP contribution is -2.30. The van der Waals surface area contributed by atoms with Crippen molar-refractivity contribution in [3.8, 4) is 0 Å². The molecule has 0 aromatic carbocycles. The Kier molecular flexibility index (Phi) is 47.3. The molecule has 6 nitrogen and oxygen atoms in total. The van der Waals surface area contributed by atoms with Gasteiger partial charge < -0.3 is 14.2 Å². The van der Waals surface area contributed by atoms with Crippen LogP contribution >= 0.6 is 0 Å². The fraction of sp³-hybridized carbons (Fsp3) is 0.906. The molecule has 0 saturated carbocycles. The number of carbonyl (C=O) groups is 3. The van der Waals surface area contributed by atoms with E-state index in [1.54, 1.807) is 0 Å². The van der Waals surface area contributed by atoms with Crippen LogP contribution in [-0.4, -0.2) is 37.2 Å². The van der Waals surface area contributed by atoms with Gasteiger partial charge in [0.25, 0.3) is 0 Å². The number of unbranched alkanes of at least 4 members (excludes halogenated alkanes) is 35. The summed E-state index contributed by atoms with van der Waals surface area (Å²) in [6.45, 7) is 6.63. The van der Waals surface area contributed by atoms with Crippen molar-refractivity contribution in [1.29, 1.82) is 0 Å². The van der Waals surface area contributed by atoms with E-state index >= 15 is 0 Å². The van der Waals surface area contributed by atoms with Gasteiger partial charge in [-0.2, -0.15) is 0 Å². The minimum absolute atomic E-state index is 0.0684. The van der Waals surface area contributed by atoms with E-state index in [1.807, 2.05) is 0 Å². The molecule has 348 valence electrons. The Morgan fingerprint density at radius 2 is 0.559 bits per heavy atom. The van der Waals surface area contributed by atoms with E-state index in [2.05, 4.69) is 32.9 Å². The van der Waals surface area contributed by atoms with E-state index in [-0.39, 0.29) is 31.1 Å². The summed E-state index contributed by atoms with van der Waals surface area (Å²) in [5.74, 6) is -0.865. The molecule has 0 aliphatic rings. The lowest BCUT2D eigenvalue weighted by atomic mass is 10.0. The highest BCUT2D eigenvalue weighted by molar-refractivity contribution is 5.71. The van der Waals surface area contributed by atoms with Gasteiger partial charge in [-0.25, -0.2) is 0 Å². The molecule has 0 radical (unpaired) electrons. The van der Waals surface area contributed by atoms with Crippen LogP contribution in [0.25, 0.3) is 0 Å². The largest absolute Gasteiger partial charge is 0.462 e. The van der Waals surface area contributed by atoms with Gasteiger partial charge in [-0.3, -0.25) is 14.4 Å². The third kappa shape index (κ3) is 47.1. The summed E-state index contributed by atoms with van der Waals surface area (Å²) < 4.78 is 16.8. The van der Waals surface area contributed by atoms with E-state index in [4.69, 9.17) is 14.2 Å². The summed E-state index contributed by atoms with van der Waals surface area (Å²) in [7, 11) is 0. The fourth-order valence-electron chi connectivity index (χ4n) is 7.79. The van der Waals surface area contributed by atoms with Gasteiger partial charge in [-0.15, -0.1) is 0 Å². The number of allylic oxidation sites excluding steroid dienone is 2. The summed E-state index contributed by atoms with van der Waals surface area (Å²) in [5, 5.41) is 0. The summed E-state index contributed by atoms with van der Waals surface area (Å²) in [4.78, 5) is 37.8. The second-order valence-corrected chi connectivity index (χ2v) is 17.8. The molecule has 0 rings (SSSR count). The number of hydrogen-bond donors (Lipinski definition) is 0. The molecule has 0 spiro atoms. The van der Waals surface area contributed by atoms with Crippen molar-refractivity contribution in [3.63, 3.8) is 0 Å². The van der Waals surface area contributed by atoms with Crippen LogP contribution in [0.15, 0.2) is 12.2 Å². The maximum Gasteiger partial charge on any atom is 0.306 e. The molecule has 0 bridgehead atoms. The van der Waals surface area contributed by atoms with E-state index in [0.29, 0.717) is 19.3 Å². The zero-order valence-electron chi connectivity index (χ0n) is 39.8. The van der Waals surface area contributed by atoms with Crippen molar-refractivity contribution in [2.45, 2.75) is 297 Å². The van der Waals surface area contributed by atoms with E-state index in [1.165, 1.54) is 186 Å². The van der Waals surface area contributed by atoms with Crippen molar-refractivity contribution >= 4 is 17.9 Å². The Labute approximate surface area is 367 Å². The molecular formula is C53H100O6. The molecule has 0 aliphatic heterocycles. The normalized spacial score (nSPS) is 12.0. The molecule has 59 heavy (non-hydrogen) atoms. The van der Waals surface area contributed by atoms with Crippen LogP contribution in [-0.2, 0) is 28.6 Å². The summed E-state index contributed by atoms with van der Waals surface area (Å²) in [6, 6.07) is 0. The predicted molar refractivity (Wildman–Crippen MR) is 252 cm³/mol. The lowest BCUT2D eigenvalue weighted by Gasteiger charge is -2.18. The van der Waals surface area contributed by atoms with Crippen LogP contribution < -0.4 is 0 Å². The first-order valence-corrected chi connectivity index (χ1v) is 26.2. The maximum absolute atomic E-state index is 12.8. The monoisotopic (exact) mass is 833 g/mol. The van der Waals surface area contributed by atoms with Crippen molar-refractivity contribution < 1.29 is 28.6 Å². The number of carbonyl (C=O) groups excluding carboxylic acids is 3. The van der Waals surface area contributed by atoms with Crippen molar-refractivity contribution in [2.75, 3.05) is 13.2 Å². The van der Waals surface area contributed by atoms with Crippen LogP contribution in [0.2, 0.25) is 0 Å². The molecule has 0 aliphatic carbocycles. The Balaban J connectivity index is 4.23. The highest BCUT2D eigenvalue weighted by atomic mass is 16.6. The first-order chi connectivity index (χ1) is 29.0. The molecule has 1 unspecified atom stereocenters. The molecule has 1 atom stereocenters. The summed E-state index contributed by atoms with van der Waals surface area (Å²) in [6.07, 6.45) is 53.5. The zero-order chi connectivity index (χ0) is 43.0. The number of esters is 3. The second-order valence-electron chi connectivity index (χ2n) is 17.8. The molecule has 0 heterocycles.